The van der Waals surface area contributed by atoms with E-state index in [1.165, 1.54) is 11.1 Å². The Morgan fingerprint density at radius 1 is 0.971 bits per heavy atom. The van der Waals surface area contributed by atoms with E-state index in [-0.39, 0.29) is 12.0 Å². The molecule has 1 aliphatic rings. The van der Waals surface area contributed by atoms with E-state index < -0.39 is 0 Å². The third-order valence-corrected chi connectivity index (χ3v) is 6.61. The zero-order valence-electron chi connectivity index (χ0n) is 20.3. The Balaban J connectivity index is 1.28. The van der Waals surface area contributed by atoms with Gasteiger partial charge >= 0.3 is 6.09 Å². The summed E-state index contributed by atoms with van der Waals surface area (Å²) >= 11 is 0. The first-order valence-electron chi connectivity index (χ1n) is 11.9. The van der Waals surface area contributed by atoms with Crippen molar-refractivity contribution in [2.45, 2.75) is 33.6 Å². The molecule has 10 nitrogen and oxygen atoms in total. The minimum atomic E-state index is -0.318. The summed E-state index contributed by atoms with van der Waals surface area (Å²) in [7, 11) is 0. The number of piperazine rings is 1. The molecule has 1 saturated heterocycles. The Bertz CT molecular complexity index is 1400. The molecule has 3 aromatic heterocycles. The summed E-state index contributed by atoms with van der Waals surface area (Å²) in [6.45, 7) is 8.32. The van der Waals surface area contributed by atoms with Crippen LogP contribution in [0.3, 0.4) is 0 Å². The predicted octanol–water partition coefficient (Wildman–Crippen LogP) is 2.89. The number of hydrogen-bond donors (Lipinski definition) is 0. The number of fused-ring (bicyclic) bond motifs is 3. The average Bonchev–Trinajstić information content (AvgIpc) is 3.48. The van der Waals surface area contributed by atoms with Crippen LogP contribution in [0.2, 0.25) is 0 Å². The van der Waals surface area contributed by atoms with Crippen LogP contribution in [0.4, 0.5) is 4.79 Å². The quantitative estimate of drug-likeness (QED) is 0.440. The minimum Gasteiger partial charge on any atom is -0.450 e. The lowest BCUT2D eigenvalue weighted by Crippen LogP contribution is -2.50. The molecular weight excluding hydrogens is 446 g/mol. The van der Waals surface area contributed by atoms with Gasteiger partial charge in [0, 0.05) is 57.0 Å². The molecule has 4 aromatic rings. The Labute approximate surface area is 203 Å². The molecule has 4 heterocycles. The fourth-order valence-corrected chi connectivity index (χ4v) is 4.40. The predicted molar refractivity (Wildman–Crippen MR) is 130 cm³/mol. The normalized spacial score (nSPS) is 14.1. The Morgan fingerprint density at radius 3 is 2.49 bits per heavy atom. The van der Waals surface area contributed by atoms with Crippen LogP contribution in [0.5, 0.6) is 0 Å². The average molecular weight is 476 g/mol. The van der Waals surface area contributed by atoms with Gasteiger partial charge in [0.1, 0.15) is 11.3 Å². The van der Waals surface area contributed by atoms with Crippen molar-refractivity contribution in [3.8, 4) is 11.3 Å². The lowest BCUT2D eigenvalue weighted by molar-refractivity contribution is -0.132. The molecule has 0 saturated carbocycles. The molecule has 0 radical (unpaired) electrons. The van der Waals surface area contributed by atoms with Crippen LogP contribution in [-0.2, 0) is 16.0 Å². The Morgan fingerprint density at radius 2 is 1.74 bits per heavy atom. The second-order valence-electron chi connectivity index (χ2n) is 8.83. The molecule has 35 heavy (non-hydrogen) atoms. The standard InChI is InChI=1S/C25H29N7O3/c1-4-35-25(34)30-11-9-29(10-12-30)23(33)8-7-22-26-27-24-21-16-20(28-32(21)14-13-31(22)24)19-6-5-17(2)18(3)15-19/h5-6,13-16H,4,7-12H2,1-3H3. The highest BCUT2D eigenvalue weighted by Crippen LogP contribution is 2.24. The number of ether oxygens (including phenoxy) is 1. The molecule has 182 valence electrons. The van der Waals surface area contributed by atoms with Crippen molar-refractivity contribution >= 4 is 23.2 Å². The van der Waals surface area contributed by atoms with Crippen molar-refractivity contribution in [1.82, 2.24) is 34.0 Å². The number of carbonyl (C=O) groups excluding carboxylic acids is 2. The van der Waals surface area contributed by atoms with E-state index in [2.05, 4.69) is 42.2 Å². The zero-order valence-corrected chi connectivity index (χ0v) is 20.3. The molecule has 2 amide bonds. The summed E-state index contributed by atoms with van der Waals surface area (Å²) in [6.07, 6.45) is 4.26. The van der Waals surface area contributed by atoms with E-state index in [1.807, 2.05) is 27.4 Å². The molecule has 1 aromatic carbocycles. The first-order chi connectivity index (χ1) is 16.9. The van der Waals surface area contributed by atoms with E-state index >= 15 is 0 Å². The highest BCUT2D eigenvalue weighted by Gasteiger charge is 2.25. The van der Waals surface area contributed by atoms with Crippen LogP contribution in [0.1, 0.15) is 30.3 Å². The van der Waals surface area contributed by atoms with Gasteiger partial charge in [-0.3, -0.25) is 9.20 Å². The van der Waals surface area contributed by atoms with Crippen molar-refractivity contribution in [3.05, 3.63) is 53.6 Å². The van der Waals surface area contributed by atoms with Gasteiger partial charge in [-0.05, 0) is 44.0 Å². The number of amides is 2. The maximum Gasteiger partial charge on any atom is 0.409 e. The molecule has 0 N–H and O–H groups in total. The molecule has 0 spiro atoms. The van der Waals surface area contributed by atoms with E-state index in [4.69, 9.17) is 9.84 Å². The molecule has 1 fully saturated rings. The van der Waals surface area contributed by atoms with E-state index in [0.717, 1.165) is 22.6 Å². The summed E-state index contributed by atoms with van der Waals surface area (Å²) in [5.74, 6) is 0.780. The van der Waals surface area contributed by atoms with Crippen molar-refractivity contribution in [1.29, 1.82) is 0 Å². The Hall–Kier alpha value is -3.95. The largest absolute Gasteiger partial charge is 0.450 e. The fourth-order valence-electron chi connectivity index (χ4n) is 4.40. The van der Waals surface area contributed by atoms with Gasteiger partial charge in [0.2, 0.25) is 5.91 Å². The molecule has 0 aliphatic carbocycles. The van der Waals surface area contributed by atoms with Crippen LogP contribution in [0.25, 0.3) is 22.4 Å². The second-order valence-corrected chi connectivity index (χ2v) is 8.83. The number of aromatic nitrogens is 5. The number of aryl methyl sites for hydroxylation is 3. The fraction of sp³-hybridized carbons (Fsp3) is 0.400. The lowest BCUT2D eigenvalue weighted by atomic mass is 10.0. The number of hydrogen-bond acceptors (Lipinski definition) is 6. The summed E-state index contributed by atoms with van der Waals surface area (Å²) in [4.78, 5) is 28.1. The molecule has 5 rings (SSSR count). The smallest absolute Gasteiger partial charge is 0.409 e. The molecule has 10 heteroatoms. The van der Waals surface area contributed by atoms with Crippen molar-refractivity contribution in [3.63, 3.8) is 0 Å². The maximum absolute atomic E-state index is 12.8. The highest BCUT2D eigenvalue weighted by atomic mass is 16.6. The van der Waals surface area contributed by atoms with Gasteiger partial charge in [0.25, 0.3) is 0 Å². The molecule has 0 unspecified atom stereocenters. The maximum atomic E-state index is 12.8. The van der Waals surface area contributed by atoms with Gasteiger partial charge in [-0.15, -0.1) is 10.2 Å². The third kappa shape index (κ3) is 4.43. The van der Waals surface area contributed by atoms with Gasteiger partial charge in [0.15, 0.2) is 5.65 Å². The number of carbonyl (C=O) groups is 2. The molecular formula is C25H29N7O3. The summed E-state index contributed by atoms with van der Waals surface area (Å²) in [5, 5.41) is 13.5. The molecule has 0 bridgehead atoms. The van der Waals surface area contributed by atoms with E-state index in [0.29, 0.717) is 51.3 Å². The van der Waals surface area contributed by atoms with Crippen LogP contribution < -0.4 is 0 Å². The van der Waals surface area contributed by atoms with Crippen LogP contribution in [0.15, 0.2) is 36.7 Å². The highest BCUT2D eigenvalue weighted by molar-refractivity contribution is 5.78. The first kappa shape index (κ1) is 22.8. The minimum absolute atomic E-state index is 0.0488. The van der Waals surface area contributed by atoms with Gasteiger partial charge in [-0.1, -0.05) is 12.1 Å². The number of benzene rings is 1. The summed E-state index contributed by atoms with van der Waals surface area (Å²) in [6, 6.07) is 8.34. The monoisotopic (exact) mass is 475 g/mol. The number of nitrogens with zero attached hydrogens (tertiary/aromatic N) is 7. The third-order valence-electron chi connectivity index (χ3n) is 6.61. The van der Waals surface area contributed by atoms with Crippen molar-refractivity contribution in [2.24, 2.45) is 0 Å². The molecule has 1 aliphatic heterocycles. The van der Waals surface area contributed by atoms with Crippen molar-refractivity contribution < 1.29 is 14.3 Å². The van der Waals surface area contributed by atoms with E-state index in [1.54, 1.807) is 16.7 Å². The summed E-state index contributed by atoms with van der Waals surface area (Å²) < 4.78 is 8.78. The van der Waals surface area contributed by atoms with Crippen LogP contribution in [0, 0.1) is 13.8 Å². The SMILES string of the molecule is CCOC(=O)N1CCN(C(=O)CCc2nnc3c4cc(-c5ccc(C)c(C)c5)nn4ccn23)CC1. The zero-order chi connectivity index (χ0) is 24.5. The lowest BCUT2D eigenvalue weighted by Gasteiger charge is -2.34. The summed E-state index contributed by atoms with van der Waals surface area (Å²) in [5.41, 5.74) is 5.98. The van der Waals surface area contributed by atoms with E-state index in [9.17, 15) is 9.59 Å². The van der Waals surface area contributed by atoms with Crippen LogP contribution >= 0.6 is 0 Å². The Kier molecular flexibility index (Phi) is 6.10. The molecule has 0 atom stereocenters. The van der Waals surface area contributed by atoms with Gasteiger partial charge < -0.3 is 14.5 Å². The van der Waals surface area contributed by atoms with Gasteiger partial charge in [-0.2, -0.15) is 5.10 Å². The topological polar surface area (TPSA) is 97.3 Å². The second kappa shape index (κ2) is 9.36. The van der Waals surface area contributed by atoms with Crippen LogP contribution in [-0.4, -0.2) is 78.8 Å². The van der Waals surface area contributed by atoms with Gasteiger partial charge in [0.05, 0.1) is 12.3 Å². The van der Waals surface area contributed by atoms with Crippen molar-refractivity contribution in [2.75, 3.05) is 32.8 Å². The first-order valence-corrected chi connectivity index (χ1v) is 11.9. The number of rotatable bonds is 5. The van der Waals surface area contributed by atoms with Gasteiger partial charge in [-0.25, -0.2) is 9.31 Å².